The summed E-state index contributed by atoms with van der Waals surface area (Å²) in [7, 11) is 0. The van der Waals surface area contributed by atoms with Crippen molar-refractivity contribution in [1.29, 1.82) is 0 Å². The van der Waals surface area contributed by atoms with E-state index in [0.717, 1.165) is 24.8 Å². The topological polar surface area (TPSA) is 105 Å². The zero-order chi connectivity index (χ0) is 22.2. The molecule has 8 nitrogen and oxygen atoms in total. The van der Waals surface area contributed by atoms with Gasteiger partial charge in [-0.2, -0.15) is 0 Å². The van der Waals surface area contributed by atoms with Gasteiger partial charge in [0.25, 0.3) is 5.91 Å². The molecular weight excluding hydrogens is 410 g/mol. The summed E-state index contributed by atoms with van der Waals surface area (Å²) in [6, 6.07) is 10.6. The molecule has 0 spiro atoms. The molecule has 2 aromatic carbocycles. The van der Waals surface area contributed by atoms with E-state index in [-0.39, 0.29) is 24.8 Å². The van der Waals surface area contributed by atoms with E-state index in [1.807, 2.05) is 30.3 Å². The summed E-state index contributed by atoms with van der Waals surface area (Å²) in [5.74, 6) is -0.999. The normalized spacial score (nSPS) is 19.4. The number of piperidine rings is 1. The van der Waals surface area contributed by atoms with Crippen molar-refractivity contribution in [2.24, 2.45) is 0 Å². The lowest BCUT2D eigenvalue weighted by atomic mass is 10.0. The molecule has 164 valence electrons. The minimum absolute atomic E-state index is 0.0236. The van der Waals surface area contributed by atoms with E-state index in [4.69, 9.17) is 4.74 Å². The predicted octanol–water partition coefficient (Wildman–Crippen LogP) is 2.69. The molecule has 0 saturated carbocycles. The van der Waals surface area contributed by atoms with Crippen molar-refractivity contribution in [3.05, 3.63) is 64.2 Å². The summed E-state index contributed by atoms with van der Waals surface area (Å²) in [4.78, 5) is 50.2. The Bertz CT molecular complexity index is 1140. The third kappa shape index (κ3) is 3.84. The molecule has 3 aliphatic rings. The van der Waals surface area contributed by atoms with Crippen molar-refractivity contribution in [1.82, 2.24) is 10.2 Å². The molecule has 8 heteroatoms. The summed E-state index contributed by atoms with van der Waals surface area (Å²) in [5, 5.41) is 5.05. The lowest BCUT2D eigenvalue weighted by Crippen LogP contribution is -2.52. The van der Waals surface area contributed by atoms with Crippen molar-refractivity contribution in [3.8, 4) is 0 Å². The first-order valence-corrected chi connectivity index (χ1v) is 10.8. The summed E-state index contributed by atoms with van der Waals surface area (Å²) >= 11 is 0. The quantitative estimate of drug-likeness (QED) is 0.722. The smallest absolute Gasteiger partial charge is 0.411 e. The van der Waals surface area contributed by atoms with Gasteiger partial charge in [-0.3, -0.25) is 25.0 Å². The molecule has 2 aromatic rings. The van der Waals surface area contributed by atoms with Crippen LogP contribution in [-0.2, 0) is 40.3 Å². The number of aryl methyl sites for hydroxylation is 2. The number of imide groups is 1. The predicted molar refractivity (Wildman–Crippen MR) is 115 cm³/mol. The van der Waals surface area contributed by atoms with Gasteiger partial charge in [0.2, 0.25) is 11.8 Å². The van der Waals surface area contributed by atoms with Crippen LogP contribution >= 0.6 is 0 Å². The van der Waals surface area contributed by atoms with Gasteiger partial charge in [-0.1, -0.05) is 18.2 Å². The second-order valence-corrected chi connectivity index (χ2v) is 8.43. The molecule has 2 heterocycles. The van der Waals surface area contributed by atoms with Crippen molar-refractivity contribution in [2.75, 3.05) is 5.32 Å². The standard InChI is InChI=1S/C24H23N3O5/c28-21-9-8-20(22(29)26-21)27-12-17-5-4-14(10-19(17)23(27)30)13-32-24(31)25-18-7-6-15-2-1-3-16(15)11-18/h4-7,10-11,20H,1-3,8-9,12-13H2,(H,25,31)(H,26,28,29). The van der Waals surface area contributed by atoms with E-state index in [9.17, 15) is 19.2 Å². The number of fused-ring (bicyclic) bond motifs is 2. The molecular formula is C24H23N3O5. The number of amides is 4. The molecule has 0 aromatic heterocycles. The Morgan fingerprint density at radius 1 is 1.03 bits per heavy atom. The molecule has 1 atom stereocenters. The molecule has 2 aliphatic heterocycles. The van der Waals surface area contributed by atoms with Gasteiger partial charge in [0, 0.05) is 24.2 Å². The van der Waals surface area contributed by atoms with E-state index >= 15 is 0 Å². The number of anilines is 1. The van der Waals surface area contributed by atoms with E-state index in [1.54, 1.807) is 6.07 Å². The van der Waals surface area contributed by atoms with Gasteiger partial charge >= 0.3 is 6.09 Å². The highest BCUT2D eigenvalue weighted by atomic mass is 16.5. The molecule has 1 fully saturated rings. The highest BCUT2D eigenvalue weighted by Crippen LogP contribution is 2.29. The second kappa shape index (κ2) is 8.11. The fourth-order valence-corrected chi connectivity index (χ4v) is 4.64. The Morgan fingerprint density at radius 3 is 2.69 bits per heavy atom. The summed E-state index contributed by atoms with van der Waals surface area (Å²) in [6.07, 6.45) is 3.23. The first-order chi connectivity index (χ1) is 15.5. The van der Waals surface area contributed by atoms with E-state index in [0.29, 0.717) is 29.8 Å². The van der Waals surface area contributed by atoms with Gasteiger partial charge in [-0.15, -0.1) is 0 Å². The van der Waals surface area contributed by atoms with Crippen molar-refractivity contribution in [2.45, 2.75) is 51.3 Å². The number of nitrogens with one attached hydrogen (secondary N) is 2. The Labute approximate surface area is 184 Å². The number of ether oxygens (including phenoxy) is 1. The third-order valence-electron chi connectivity index (χ3n) is 6.31. The Morgan fingerprint density at radius 2 is 1.84 bits per heavy atom. The maximum atomic E-state index is 12.9. The highest BCUT2D eigenvalue weighted by molar-refractivity contribution is 6.05. The molecule has 32 heavy (non-hydrogen) atoms. The van der Waals surface area contributed by atoms with Crippen LogP contribution in [0.25, 0.3) is 0 Å². The van der Waals surface area contributed by atoms with Gasteiger partial charge < -0.3 is 9.64 Å². The maximum absolute atomic E-state index is 12.9. The minimum atomic E-state index is -0.648. The summed E-state index contributed by atoms with van der Waals surface area (Å²) in [6.45, 7) is 0.343. The van der Waals surface area contributed by atoms with Crippen LogP contribution < -0.4 is 10.6 Å². The van der Waals surface area contributed by atoms with Gasteiger partial charge in [0.15, 0.2) is 0 Å². The zero-order valence-electron chi connectivity index (χ0n) is 17.5. The minimum Gasteiger partial charge on any atom is -0.444 e. The first-order valence-electron chi connectivity index (χ1n) is 10.8. The monoisotopic (exact) mass is 433 g/mol. The number of carbonyl (C=O) groups excluding carboxylic acids is 4. The van der Waals surface area contributed by atoms with Crippen LogP contribution in [-0.4, -0.2) is 34.8 Å². The number of rotatable bonds is 4. The van der Waals surface area contributed by atoms with Crippen LogP contribution in [0.15, 0.2) is 36.4 Å². The van der Waals surface area contributed by atoms with Gasteiger partial charge in [0.1, 0.15) is 12.6 Å². The average Bonchev–Trinajstić information content (AvgIpc) is 3.36. The largest absolute Gasteiger partial charge is 0.444 e. The van der Waals surface area contributed by atoms with Gasteiger partial charge in [0.05, 0.1) is 0 Å². The highest BCUT2D eigenvalue weighted by Gasteiger charge is 2.39. The van der Waals surface area contributed by atoms with E-state index < -0.39 is 18.0 Å². The molecule has 5 rings (SSSR count). The fraction of sp³-hybridized carbons (Fsp3) is 0.333. The van der Waals surface area contributed by atoms with Crippen molar-refractivity contribution < 1.29 is 23.9 Å². The van der Waals surface area contributed by atoms with E-state index in [1.165, 1.54) is 16.0 Å². The van der Waals surface area contributed by atoms with Crippen molar-refractivity contribution >= 4 is 29.5 Å². The lowest BCUT2D eigenvalue weighted by molar-refractivity contribution is -0.136. The number of benzene rings is 2. The molecule has 1 unspecified atom stereocenters. The van der Waals surface area contributed by atoms with Crippen LogP contribution in [0.4, 0.5) is 10.5 Å². The van der Waals surface area contributed by atoms with Gasteiger partial charge in [-0.25, -0.2) is 4.79 Å². The summed E-state index contributed by atoms with van der Waals surface area (Å²) < 4.78 is 5.34. The molecule has 2 N–H and O–H groups in total. The van der Waals surface area contributed by atoms with Crippen LogP contribution in [0.1, 0.15) is 51.9 Å². The third-order valence-corrected chi connectivity index (χ3v) is 6.31. The van der Waals surface area contributed by atoms with E-state index in [2.05, 4.69) is 10.6 Å². The molecule has 0 bridgehead atoms. The van der Waals surface area contributed by atoms with Crippen LogP contribution in [0.2, 0.25) is 0 Å². The fourth-order valence-electron chi connectivity index (χ4n) is 4.64. The van der Waals surface area contributed by atoms with Gasteiger partial charge in [-0.05, 0) is 66.1 Å². The number of hydrogen-bond donors (Lipinski definition) is 2. The SMILES string of the molecule is O=C1CCC(N2Cc3ccc(COC(=O)Nc4ccc5c(c4)CCC5)cc3C2=O)C(=O)N1. The van der Waals surface area contributed by atoms with Crippen molar-refractivity contribution in [3.63, 3.8) is 0 Å². The molecule has 0 radical (unpaired) electrons. The Balaban J connectivity index is 1.20. The maximum Gasteiger partial charge on any atom is 0.411 e. The van der Waals surface area contributed by atoms with Crippen LogP contribution in [0, 0.1) is 0 Å². The number of nitrogens with zero attached hydrogens (tertiary/aromatic N) is 1. The lowest BCUT2D eigenvalue weighted by Gasteiger charge is -2.29. The zero-order valence-corrected chi connectivity index (χ0v) is 17.5. The van der Waals surface area contributed by atoms with Crippen LogP contribution in [0.3, 0.4) is 0 Å². The summed E-state index contributed by atoms with van der Waals surface area (Å²) in [5.41, 5.74) is 5.30. The number of hydrogen-bond acceptors (Lipinski definition) is 5. The molecule has 1 saturated heterocycles. The van der Waals surface area contributed by atoms with Crippen LogP contribution in [0.5, 0.6) is 0 Å². The number of carbonyl (C=O) groups is 4. The first kappa shape index (κ1) is 20.2. The molecule has 4 amide bonds. The Hall–Kier alpha value is -3.68. The average molecular weight is 433 g/mol. The second-order valence-electron chi connectivity index (χ2n) is 8.43. The Kier molecular flexibility index (Phi) is 5.13. The molecule has 1 aliphatic carbocycles.